The molecule has 11 nitrogen and oxygen atoms in total. The summed E-state index contributed by atoms with van der Waals surface area (Å²) in [5.74, 6) is 0.0353. The number of aliphatic hydroxyl groups excluding tert-OH is 1. The fourth-order valence-corrected chi connectivity index (χ4v) is 4.75. The normalized spacial score (nSPS) is 12.3. The third kappa shape index (κ3) is 10.9. The molecule has 0 aromatic heterocycles. The summed E-state index contributed by atoms with van der Waals surface area (Å²) in [5.41, 5.74) is 1.11. The van der Waals surface area contributed by atoms with Gasteiger partial charge in [0.25, 0.3) is 0 Å². The highest BCUT2D eigenvalue weighted by Crippen LogP contribution is 2.24. The standard InChI is InChI=1S/C31H38N2O9S/c1-31(2,3)42-30(37)33(43(4,38)39)24-11-15-27(16-12-24)41-21-25(34)19-32-18-17-22-9-13-26(14-10-22)40-20-23-7-5-6-8-28(23)29(35)36/h5-16,25,32,34H,17-21H2,1-4H3,(H,35,36)/t25-/m0/s1. The Kier molecular flexibility index (Phi) is 11.5. The maximum Gasteiger partial charge on any atom is 0.428 e. The van der Waals surface area contributed by atoms with Gasteiger partial charge in [0, 0.05) is 12.1 Å². The van der Waals surface area contributed by atoms with Crippen molar-refractivity contribution in [1.29, 1.82) is 0 Å². The average molecular weight is 615 g/mol. The fraction of sp³-hybridized carbons (Fsp3) is 0.355. The van der Waals surface area contributed by atoms with E-state index in [9.17, 15) is 28.2 Å². The molecule has 1 amide bonds. The van der Waals surface area contributed by atoms with Crippen molar-refractivity contribution in [2.75, 3.05) is 30.3 Å². The van der Waals surface area contributed by atoms with E-state index in [1.54, 1.807) is 45.0 Å². The average Bonchev–Trinajstić information content (AvgIpc) is 2.93. The first kappa shape index (κ1) is 33.4. The monoisotopic (exact) mass is 614 g/mol. The Hall–Kier alpha value is -4.13. The van der Waals surface area contributed by atoms with E-state index >= 15 is 0 Å². The molecule has 0 fully saturated rings. The third-order valence-electron chi connectivity index (χ3n) is 5.94. The summed E-state index contributed by atoms with van der Waals surface area (Å²) in [7, 11) is -3.94. The van der Waals surface area contributed by atoms with Gasteiger partial charge in [0.2, 0.25) is 10.0 Å². The van der Waals surface area contributed by atoms with Crippen molar-refractivity contribution in [3.8, 4) is 11.5 Å². The number of carbonyl (C=O) groups excluding carboxylic acids is 1. The molecule has 12 heteroatoms. The summed E-state index contributed by atoms with van der Waals surface area (Å²) < 4.78 is 41.6. The second kappa shape index (κ2) is 14.9. The van der Waals surface area contributed by atoms with Crippen LogP contribution in [0.1, 0.15) is 42.3 Å². The molecule has 3 rings (SSSR count). The number of amides is 1. The maximum absolute atomic E-state index is 12.5. The molecule has 43 heavy (non-hydrogen) atoms. The van der Waals surface area contributed by atoms with Gasteiger partial charge in [0.1, 0.15) is 36.4 Å². The van der Waals surface area contributed by atoms with Gasteiger partial charge in [0.15, 0.2) is 0 Å². The van der Waals surface area contributed by atoms with E-state index in [-0.39, 0.29) is 24.5 Å². The van der Waals surface area contributed by atoms with Crippen LogP contribution in [0.25, 0.3) is 0 Å². The zero-order valence-corrected chi connectivity index (χ0v) is 25.5. The van der Waals surface area contributed by atoms with Crippen LogP contribution >= 0.6 is 0 Å². The molecule has 0 aliphatic rings. The van der Waals surface area contributed by atoms with E-state index in [0.29, 0.717) is 40.9 Å². The maximum atomic E-state index is 12.5. The number of benzene rings is 3. The Morgan fingerprint density at radius 3 is 2.14 bits per heavy atom. The van der Waals surface area contributed by atoms with Gasteiger partial charge < -0.3 is 29.7 Å². The van der Waals surface area contributed by atoms with Crippen LogP contribution in [0.15, 0.2) is 72.8 Å². The molecule has 0 aliphatic heterocycles. The van der Waals surface area contributed by atoms with Crippen molar-refractivity contribution >= 4 is 27.8 Å². The lowest BCUT2D eigenvalue weighted by Crippen LogP contribution is -2.40. The highest BCUT2D eigenvalue weighted by atomic mass is 32.2. The van der Waals surface area contributed by atoms with Gasteiger partial charge in [-0.3, -0.25) is 0 Å². The minimum atomic E-state index is -3.94. The van der Waals surface area contributed by atoms with E-state index in [1.807, 2.05) is 24.3 Å². The van der Waals surface area contributed by atoms with Crippen LogP contribution in [0.5, 0.6) is 11.5 Å². The highest BCUT2D eigenvalue weighted by Gasteiger charge is 2.30. The second-order valence-corrected chi connectivity index (χ2v) is 12.6. The fourth-order valence-electron chi connectivity index (χ4n) is 3.93. The first-order valence-corrected chi connectivity index (χ1v) is 15.5. The molecule has 3 aromatic carbocycles. The zero-order valence-electron chi connectivity index (χ0n) is 24.6. The molecule has 3 aromatic rings. The number of ether oxygens (including phenoxy) is 3. The summed E-state index contributed by atoms with van der Waals surface area (Å²) in [4.78, 5) is 23.8. The smallest absolute Gasteiger partial charge is 0.428 e. The minimum Gasteiger partial charge on any atom is -0.491 e. The number of nitrogens with one attached hydrogen (secondary N) is 1. The van der Waals surface area contributed by atoms with Gasteiger partial charge in [0.05, 0.1) is 17.5 Å². The summed E-state index contributed by atoms with van der Waals surface area (Å²) in [5, 5.41) is 22.8. The Balaban J connectivity index is 1.40. The highest BCUT2D eigenvalue weighted by molar-refractivity contribution is 7.92. The van der Waals surface area contributed by atoms with Gasteiger partial charge in [-0.1, -0.05) is 30.3 Å². The summed E-state index contributed by atoms with van der Waals surface area (Å²) in [6.45, 7) is 6.00. The first-order valence-electron chi connectivity index (χ1n) is 13.6. The lowest BCUT2D eigenvalue weighted by Gasteiger charge is -2.26. The number of anilines is 1. The van der Waals surface area contributed by atoms with E-state index < -0.39 is 33.8 Å². The predicted molar refractivity (Wildman–Crippen MR) is 162 cm³/mol. The van der Waals surface area contributed by atoms with Crippen molar-refractivity contribution in [3.63, 3.8) is 0 Å². The van der Waals surface area contributed by atoms with Crippen LogP contribution in [0.4, 0.5) is 10.5 Å². The lowest BCUT2D eigenvalue weighted by molar-refractivity contribution is 0.0607. The molecule has 0 unspecified atom stereocenters. The van der Waals surface area contributed by atoms with Crippen LogP contribution in [0, 0.1) is 0 Å². The van der Waals surface area contributed by atoms with Crippen LogP contribution in [-0.2, 0) is 27.8 Å². The first-order chi connectivity index (χ1) is 20.2. The summed E-state index contributed by atoms with van der Waals surface area (Å²) in [6.07, 6.45) is -0.168. The number of hydrogen-bond donors (Lipinski definition) is 3. The summed E-state index contributed by atoms with van der Waals surface area (Å²) in [6, 6.07) is 20.1. The number of aromatic carboxylic acids is 1. The topological polar surface area (TPSA) is 152 Å². The molecule has 232 valence electrons. The van der Waals surface area contributed by atoms with Gasteiger partial charge >= 0.3 is 12.1 Å². The SMILES string of the molecule is CC(C)(C)OC(=O)N(c1ccc(OC[C@@H](O)CNCCc2ccc(OCc3ccccc3C(=O)O)cc2)cc1)S(C)(=O)=O. The van der Waals surface area contributed by atoms with Crippen LogP contribution < -0.4 is 19.1 Å². The van der Waals surface area contributed by atoms with E-state index in [2.05, 4.69) is 5.32 Å². The predicted octanol–water partition coefficient (Wildman–Crippen LogP) is 4.24. The van der Waals surface area contributed by atoms with Crippen molar-refractivity contribution in [2.24, 2.45) is 0 Å². The Labute approximate surface area is 252 Å². The van der Waals surface area contributed by atoms with Gasteiger partial charge in [-0.05, 0) is 81.8 Å². The largest absolute Gasteiger partial charge is 0.491 e. The molecule has 0 heterocycles. The number of carboxylic acid groups (broad SMARTS) is 1. The number of hydrogen-bond acceptors (Lipinski definition) is 9. The molecule has 0 saturated carbocycles. The third-order valence-corrected chi connectivity index (χ3v) is 6.96. The van der Waals surface area contributed by atoms with Crippen LogP contribution in [0.2, 0.25) is 0 Å². The molecular weight excluding hydrogens is 576 g/mol. The van der Waals surface area contributed by atoms with Gasteiger partial charge in [-0.2, -0.15) is 4.31 Å². The lowest BCUT2D eigenvalue weighted by atomic mass is 10.1. The van der Waals surface area contributed by atoms with E-state index in [4.69, 9.17) is 14.2 Å². The number of nitrogens with zero attached hydrogens (tertiary/aromatic N) is 1. The van der Waals surface area contributed by atoms with Gasteiger partial charge in [-0.25, -0.2) is 18.0 Å². The van der Waals surface area contributed by atoms with Crippen LogP contribution in [0.3, 0.4) is 0 Å². The molecule has 0 bridgehead atoms. The Morgan fingerprint density at radius 2 is 1.53 bits per heavy atom. The molecule has 3 N–H and O–H groups in total. The summed E-state index contributed by atoms with van der Waals surface area (Å²) >= 11 is 0. The molecule has 1 atom stereocenters. The molecule has 0 aliphatic carbocycles. The van der Waals surface area contributed by atoms with Gasteiger partial charge in [-0.15, -0.1) is 0 Å². The zero-order chi connectivity index (χ0) is 31.6. The van der Waals surface area contributed by atoms with Crippen molar-refractivity contribution in [1.82, 2.24) is 5.32 Å². The van der Waals surface area contributed by atoms with Crippen LogP contribution in [-0.4, -0.2) is 68.4 Å². The molecule has 0 radical (unpaired) electrons. The molecule has 0 saturated heterocycles. The number of carboxylic acids is 1. The number of rotatable bonds is 14. The van der Waals surface area contributed by atoms with E-state index in [0.717, 1.165) is 11.8 Å². The van der Waals surface area contributed by atoms with Crippen molar-refractivity contribution in [2.45, 2.75) is 45.5 Å². The molecular formula is C31H38N2O9S. The number of sulfonamides is 1. The van der Waals surface area contributed by atoms with Crippen molar-refractivity contribution < 1.29 is 42.4 Å². The quantitative estimate of drug-likeness (QED) is 0.225. The van der Waals surface area contributed by atoms with E-state index in [1.165, 1.54) is 24.3 Å². The second-order valence-electron chi connectivity index (χ2n) is 10.8. The Morgan fingerprint density at radius 1 is 0.930 bits per heavy atom. The van der Waals surface area contributed by atoms with Crippen molar-refractivity contribution in [3.05, 3.63) is 89.5 Å². The number of aliphatic hydroxyl groups is 1. The number of carbonyl (C=O) groups is 2. The molecule has 0 spiro atoms. The Bertz CT molecular complexity index is 1470. The minimum absolute atomic E-state index is 0.00520.